The Labute approximate surface area is 202 Å². The van der Waals surface area contributed by atoms with Crippen molar-refractivity contribution in [3.05, 3.63) is 82.9 Å². The largest absolute Gasteiger partial charge is 0.464 e. The summed E-state index contributed by atoms with van der Waals surface area (Å²) >= 11 is 6.90. The van der Waals surface area contributed by atoms with Crippen LogP contribution < -0.4 is 14.8 Å². The van der Waals surface area contributed by atoms with Crippen LogP contribution in [0.2, 0.25) is 5.02 Å². The van der Waals surface area contributed by atoms with Gasteiger partial charge < -0.3 is 9.47 Å². The zero-order valence-corrected chi connectivity index (χ0v) is 19.2. The van der Waals surface area contributed by atoms with Crippen molar-refractivity contribution in [2.24, 2.45) is 0 Å². The molecule has 4 aromatic rings. The Bertz CT molecular complexity index is 1300. The number of benzene rings is 2. The van der Waals surface area contributed by atoms with Crippen LogP contribution in [-0.2, 0) is 6.61 Å². The molecular formula is C23H17ClF2N4O3S. The summed E-state index contributed by atoms with van der Waals surface area (Å²) in [7, 11) is 0. The van der Waals surface area contributed by atoms with Gasteiger partial charge in [-0.2, -0.15) is 0 Å². The van der Waals surface area contributed by atoms with Gasteiger partial charge in [0.05, 0.1) is 11.1 Å². The van der Waals surface area contributed by atoms with Gasteiger partial charge in [0.2, 0.25) is 11.5 Å². The van der Waals surface area contributed by atoms with E-state index in [0.717, 1.165) is 16.9 Å². The van der Waals surface area contributed by atoms with Gasteiger partial charge in [0.1, 0.15) is 18.2 Å². The van der Waals surface area contributed by atoms with Crippen molar-refractivity contribution in [3.63, 3.8) is 0 Å². The van der Waals surface area contributed by atoms with Crippen LogP contribution in [0.3, 0.4) is 0 Å². The number of hydrogen-bond acceptors (Lipinski definition) is 7. The van der Waals surface area contributed by atoms with Crippen LogP contribution >= 0.6 is 22.9 Å². The summed E-state index contributed by atoms with van der Waals surface area (Å²) in [4.78, 5) is 17.0. The van der Waals surface area contributed by atoms with Gasteiger partial charge >= 0.3 is 0 Å². The minimum atomic E-state index is -1.68. The van der Waals surface area contributed by atoms with Gasteiger partial charge in [-0.1, -0.05) is 34.9 Å². The smallest absolute Gasteiger partial charge is 0.296 e. The van der Waals surface area contributed by atoms with Crippen LogP contribution in [0.25, 0.3) is 11.1 Å². The zero-order chi connectivity index (χ0) is 24.1. The van der Waals surface area contributed by atoms with E-state index in [2.05, 4.69) is 20.5 Å². The number of hydrogen-bond donors (Lipinski definition) is 1. The van der Waals surface area contributed by atoms with Crippen LogP contribution in [0.1, 0.15) is 22.8 Å². The molecule has 0 saturated carbocycles. The van der Waals surface area contributed by atoms with Crippen LogP contribution in [0.15, 0.2) is 60.9 Å². The number of aromatic nitrogens is 3. The second kappa shape index (κ2) is 10.5. The van der Waals surface area contributed by atoms with Crippen molar-refractivity contribution in [1.29, 1.82) is 0 Å². The van der Waals surface area contributed by atoms with Gasteiger partial charge in [-0.25, -0.2) is 8.78 Å². The van der Waals surface area contributed by atoms with Crippen LogP contribution in [-0.4, -0.2) is 27.4 Å². The molecule has 4 rings (SSSR count). The molecule has 2 aromatic carbocycles. The fraction of sp³-hybridized carbons (Fsp3) is 0.130. The summed E-state index contributed by atoms with van der Waals surface area (Å²) in [5.74, 6) is -1.32. The standard InChI is InChI=1S/C23H17ClF2N4O3S/c1-13(25)33-19-4-2-3-18(26)20(19)17-11-27-10-9-16(17)21(31)28-22-29-30-23(34-22)32-12-14-5-7-15(24)8-6-14/h2-11,13H,12H2,1H3,(H,28,29,31). The molecule has 1 unspecified atom stereocenters. The Morgan fingerprint density at radius 3 is 2.74 bits per heavy atom. The molecule has 7 nitrogen and oxygen atoms in total. The molecule has 2 aromatic heterocycles. The molecule has 0 radical (unpaired) electrons. The number of ether oxygens (including phenoxy) is 2. The molecule has 0 saturated heterocycles. The van der Waals surface area contributed by atoms with Gasteiger partial charge in [-0.05, 0) is 47.2 Å². The molecule has 0 aliphatic carbocycles. The van der Waals surface area contributed by atoms with Crippen LogP contribution in [0.4, 0.5) is 13.9 Å². The number of nitrogens with zero attached hydrogens (tertiary/aromatic N) is 3. The SMILES string of the molecule is CC(F)Oc1cccc(F)c1-c1cnccc1C(=O)Nc1nnc(OCc2ccc(Cl)cc2)s1. The van der Waals surface area contributed by atoms with Gasteiger partial charge in [-0.15, -0.1) is 5.10 Å². The van der Waals surface area contributed by atoms with Crippen molar-refractivity contribution in [1.82, 2.24) is 15.2 Å². The highest BCUT2D eigenvalue weighted by atomic mass is 35.5. The lowest BCUT2D eigenvalue weighted by atomic mass is 10.00. The number of alkyl halides is 1. The van der Waals surface area contributed by atoms with E-state index in [9.17, 15) is 13.6 Å². The van der Waals surface area contributed by atoms with Crippen molar-refractivity contribution < 1.29 is 23.0 Å². The summed E-state index contributed by atoms with van der Waals surface area (Å²) < 4.78 is 38.9. The number of pyridine rings is 1. The number of carbonyl (C=O) groups excluding carboxylic acids is 1. The molecule has 1 amide bonds. The van der Waals surface area contributed by atoms with Gasteiger partial charge in [0, 0.05) is 29.9 Å². The summed E-state index contributed by atoms with van der Waals surface area (Å²) in [6, 6.07) is 12.5. The number of amides is 1. The predicted octanol–water partition coefficient (Wildman–Crippen LogP) is 5.92. The lowest BCUT2D eigenvalue weighted by Gasteiger charge is -2.15. The molecule has 1 N–H and O–H groups in total. The molecule has 11 heteroatoms. The third-order valence-electron chi connectivity index (χ3n) is 4.50. The fourth-order valence-corrected chi connectivity index (χ4v) is 3.76. The van der Waals surface area contributed by atoms with E-state index < -0.39 is 18.1 Å². The van der Waals surface area contributed by atoms with Gasteiger partial charge in [0.25, 0.3) is 11.1 Å². The average Bonchev–Trinajstić information content (AvgIpc) is 3.26. The maximum Gasteiger partial charge on any atom is 0.296 e. The van der Waals surface area contributed by atoms with E-state index in [-0.39, 0.29) is 39.4 Å². The predicted molar refractivity (Wildman–Crippen MR) is 124 cm³/mol. The van der Waals surface area contributed by atoms with Gasteiger partial charge in [0.15, 0.2) is 0 Å². The molecule has 0 aliphatic rings. The third kappa shape index (κ3) is 5.64. The highest BCUT2D eigenvalue weighted by Crippen LogP contribution is 2.35. The molecule has 0 spiro atoms. The highest BCUT2D eigenvalue weighted by Gasteiger charge is 2.21. The number of carbonyl (C=O) groups is 1. The maximum absolute atomic E-state index is 14.7. The van der Waals surface area contributed by atoms with Crippen molar-refractivity contribution in [2.45, 2.75) is 19.9 Å². The van der Waals surface area contributed by atoms with Crippen LogP contribution in [0.5, 0.6) is 10.9 Å². The summed E-state index contributed by atoms with van der Waals surface area (Å²) in [6.45, 7) is 1.42. The molecule has 2 heterocycles. The lowest BCUT2D eigenvalue weighted by Crippen LogP contribution is -2.14. The van der Waals surface area contributed by atoms with Crippen molar-refractivity contribution >= 4 is 34.0 Å². The second-order valence-electron chi connectivity index (χ2n) is 6.94. The first-order chi connectivity index (χ1) is 16.4. The Morgan fingerprint density at radius 2 is 1.97 bits per heavy atom. The number of rotatable bonds is 8. The average molecular weight is 503 g/mol. The zero-order valence-electron chi connectivity index (χ0n) is 17.7. The first-order valence-electron chi connectivity index (χ1n) is 9.96. The molecular weight excluding hydrogens is 486 g/mol. The first kappa shape index (κ1) is 23.5. The summed E-state index contributed by atoms with van der Waals surface area (Å²) in [5.41, 5.74) is 1.04. The minimum absolute atomic E-state index is 0.0501. The molecule has 0 aliphatic heterocycles. The van der Waals surface area contributed by atoms with Crippen molar-refractivity contribution in [2.75, 3.05) is 5.32 Å². The van der Waals surface area contributed by atoms with Crippen LogP contribution in [0, 0.1) is 5.82 Å². The highest BCUT2D eigenvalue weighted by molar-refractivity contribution is 7.17. The number of anilines is 1. The van der Waals surface area contributed by atoms with E-state index in [4.69, 9.17) is 21.1 Å². The lowest BCUT2D eigenvalue weighted by molar-refractivity contribution is 0.0864. The third-order valence-corrected chi connectivity index (χ3v) is 5.51. The Hall–Kier alpha value is -3.63. The second-order valence-corrected chi connectivity index (χ2v) is 8.31. The normalized spacial score (nSPS) is 11.6. The van der Waals surface area contributed by atoms with E-state index >= 15 is 0 Å². The monoisotopic (exact) mass is 502 g/mol. The quantitative estimate of drug-likeness (QED) is 0.322. The topological polar surface area (TPSA) is 86.2 Å². The Morgan fingerprint density at radius 1 is 1.18 bits per heavy atom. The first-order valence-corrected chi connectivity index (χ1v) is 11.2. The molecule has 174 valence electrons. The van der Waals surface area contributed by atoms with Crippen molar-refractivity contribution in [3.8, 4) is 22.1 Å². The van der Waals surface area contributed by atoms with E-state index in [1.165, 1.54) is 43.6 Å². The van der Waals surface area contributed by atoms with Gasteiger partial charge in [-0.3, -0.25) is 15.1 Å². The Kier molecular flexibility index (Phi) is 7.29. The molecule has 1 atom stereocenters. The fourth-order valence-electron chi connectivity index (χ4n) is 3.04. The Balaban J connectivity index is 1.52. The molecule has 0 fully saturated rings. The molecule has 0 bridgehead atoms. The molecule has 34 heavy (non-hydrogen) atoms. The summed E-state index contributed by atoms with van der Waals surface area (Å²) in [5, 5.41) is 11.5. The van der Waals surface area contributed by atoms with E-state index in [0.29, 0.717) is 5.02 Å². The summed E-state index contributed by atoms with van der Waals surface area (Å²) in [6.07, 6.45) is 1.02. The number of nitrogens with one attached hydrogen (secondary N) is 1. The maximum atomic E-state index is 14.7. The van der Waals surface area contributed by atoms with E-state index in [1.807, 2.05) is 12.1 Å². The minimum Gasteiger partial charge on any atom is -0.464 e. The van der Waals surface area contributed by atoms with E-state index in [1.54, 1.807) is 12.1 Å². The number of halogens is 3.